The second-order valence-corrected chi connectivity index (χ2v) is 4.36. The van der Waals surface area contributed by atoms with Crippen LogP contribution in [-0.4, -0.2) is 52.7 Å². The Hall–Kier alpha value is -2.16. The quantitative estimate of drug-likeness (QED) is 0.882. The summed E-state index contributed by atoms with van der Waals surface area (Å²) in [5, 5.41) is 9.02. The van der Waals surface area contributed by atoms with Crippen molar-refractivity contribution in [2.75, 3.05) is 19.8 Å². The van der Waals surface area contributed by atoms with Gasteiger partial charge in [-0.3, -0.25) is 9.78 Å². The predicted molar refractivity (Wildman–Crippen MR) is 62.5 cm³/mol. The van der Waals surface area contributed by atoms with E-state index in [1.807, 2.05) is 0 Å². The molecular formula is C12H11F3N2O4. The Kier molecular flexibility index (Phi) is 4.12. The number of hydrogen-bond donors (Lipinski definition) is 1. The van der Waals surface area contributed by atoms with Crippen LogP contribution in [0.2, 0.25) is 0 Å². The molecule has 2 rings (SSSR count). The first-order chi connectivity index (χ1) is 9.80. The van der Waals surface area contributed by atoms with Crippen molar-refractivity contribution in [3.8, 4) is 0 Å². The van der Waals surface area contributed by atoms with Gasteiger partial charge in [0.2, 0.25) is 0 Å². The number of aliphatic carboxylic acids is 1. The molecule has 0 aliphatic carbocycles. The average Bonchev–Trinajstić information content (AvgIpc) is 2.45. The lowest BCUT2D eigenvalue weighted by Crippen LogP contribution is -2.52. The highest BCUT2D eigenvalue weighted by atomic mass is 19.4. The molecule has 6 nitrogen and oxygen atoms in total. The molecule has 1 aromatic rings. The van der Waals surface area contributed by atoms with Crippen LogP contribution in [0.3, 0.4) is 0 Å². The number of aromatic nitrogens is 1. The van der Waals surface area contributed by atoms with Crippen LogP contribution < -0.4 is 0 Å². The first-order valence-electron chi connectivity index (χ1n) is 5.95. The number of pyridine rings is 1. The lowest BCUT2D eigenvalue weighted by atomic mass is 10.1. The molecule has 1 aromatic heterocycles. The molecule has 1 atom stereocenters. The fraction of sp³-hybridized carbons (Fsp3) is 0.417. The topological polar surface area (TPSA) is 79.7 Å². The summed E-state index contributed by atoms with van der Waals surface area (Å²) in [5.74, 6) is -1.92. The van der Waals surface area contributed by atoms with Crippen molar-refractivity contribution < 1.29 is 32.6 Å². The molecule has 0 spiro atoms. The molecule has 0 unspecified atom stereocenters. The lowest BCUT2D eigenvalue weighted by molar-refractivity contribution is -0.147. The van der Waals surface area contributed by atoms with Crippen LogP contribution in [0.4, 0.5) is 13.2 Å². The largest absolute Gasteiger partial charge is 0.480 e. The molecule has 0 aromatic carbocycles. The molecule has 1 N–H and O–H groups in total. The van der Waals surface area contributed by atoms with Gasteiger partial charge in [-0.05, 0) is 12.1 Å². The van der Waals surface area contributed by atoms with Gasteiger partial charge in [-0.2, -0.15) is 13.2 Å². The number of nitrogens with zero attached hydrogens (tertiary/aromatic N) is 2. The summed E-state index contributed by atoms with van der Waals surface area (Å²) in [6.07, 6.45) is -3.80. The minimum atomic E-state index is -4.59. The van der Waals surface area contributed by atoms with E-state index in [2.05, 4.69) is 4.98 Å². The van der Waals surface area contributed by atoms with Crippen molar-refractivity contribution in [1.29, 1.82) is 0 Å². The number of carbonyl (C=O) groups is 2. The van der Waals surface area contributed by atoms with Crippen molar-refractivity contribution in [2.24, 2.45) is 0 Å². The monoisotopic (exact) mass is 304 g/mol. The zero-order valence-electron chi connectivity index (χ0n) is 10.6. The van der Waals surface area contributed by atoms with Gasteiger partial charge in [-0.15, -0.1) is 0 Å². The third kappa shape index (κ3) is 3.30. The number of morpholine rings is 1. The van der Waals surface area contributed by atoms with E-state index in [1.165, 1.54) is 0 Å². The summed E-state index contributed by atoms with van der Waals surface area (Å²) in [6.45, 7) is 0.0650. The van der Waals surface area contributed by atoms with Gasteiger partial charge in [0.25, 0.3) is 5.91 Å². The molecule has 0 saturated carbocycles. The van der Waals surface area contributed by atoms with Crippen LogP contribution >= 0.6 is 0 Å². The fourth-order valence-electron chi connectivity index (χ4n) is 1.91. The van der Waals surface area contributed by atoms with Crippen LogP contribution in [0.5, 0.6) is 0 Å². The molecule has 0 bridgehead atoms. The predicted octanol–water partition coefficient (Wildman–Crippen LogP) is 1.03. The number of carboxylic acids is 1. The van der Waals surface area contributed by atoms with Crippen molar-refractivity contribution in [2.45, 2.75) is 12.2 Å². The minimum Gasteiger partial charge on any atom is -0.480 e. The number of halogens is 3. The second-order valence-electron chi connectivity index (χ2n) is 4.36. The number of alkyl halides is 3. The second kappa shape index (κ2) is 5.68. The Morgan fingerprint density at radius 3 is 2.62 bits per heavy atom. The molecular weight excluding hydrogens is 293 g/mol. The van der Waals surface area contributed by atoms with Crippen LogP contribution in [-0.2, 0) is 15.7 Å². The van der Waals surface area contributed by atoms with E-state index in [0.717, 1.165) is 17.2 Å². The van der Waals surface area contributed by atoms with E-state index in [-0.39, 0.29) is 25.3 Å². The Morgan fingerprint density at radius 1 is 1.38 bits per heavy atom. The SMILES string of the molecule is O=C(O)[C@H]1COCCN1C(=O)c1ccc(C(F)(F)F)nc1. The van der Waals surface area contributed by atoms with Crippen LogP contribution in [0.1, 0.15) is 16.1 Å². The summed E-state index contributed by atoms with van der Waals surface area (Å²) in [6, 6.07) is 0.504. The molecule has 114 valence electrons. The maximum absolute atomic E-state index is 12.4. The molecule has 0 radical (unpaired) electrons. The number of amides is 1. The van der Waals surface area contributed by atoms with E-state index >= 15 is 0 Å². The zero-order chi connectivity index (χ0) is 15.6. The zero-order valence-corrected chi connectivity index (χ0v) is 10.6. The van der Waals surface area contributed by atoms with Gasteiger partial charge >= 0.3 is 12.1 Å². The van der Waals surface area contributed by atoms with Gasteiger partial charge in [0.1, 0.15) is 5.69 Å². The van der Waals surface area contributed by atoms with Gasteiger partial charge in [0.15, 0.2) is 6.04 Å². The smallest absolute Gasteiger partial charge is 0.433 e. The fourth-order valence-corrected chi connectivity index (χ4v) is 1.91. The standard InChI is InChI=1S/C12H11F3N2O4/c13-12(14,15)9-2-1-7(5-16-9)10(18)17-3-4-21-6-8(17)11(19)20/h1-2,5,8H,3-4,6H2,(H,19,20)/t8-/m1/s1. The van der Waals surface area contributed by atoms with E-state index < -0.39 is 29.8 Å². The van der Waals surface area contributed by atoms with E-state index in [9.17, 15) is 22.8 Å². The van der Waals surface area contributed by atoms with E-state index in [1.54, 1.807) is 0 Å². The van der Waals surface area contributed by atoms with Crippen molar-refractivity contribution in [1.82, 2.24) is 9.88 Å². The number of carbonyl (C=O) groups excluding carboxylic acids is 1. The molecule has 1 amide bonds. The van der Waals surface area contributed by atoms with Crippen molar-refractivity contribution in [3.05, 3.63) is 29.6 Å². The van der Waals surface area contributed by atoms with Gasteiger partial charge in [-0.1, -0.05) is 0 Å². The molecule has 1 aliphatic heterocycles. The van der Waals surface area contributed by atoms with Gasteiger partial charge in [0, 0.05) is 12.7 Å². The normalized spacial score (nSPS) is 19.4. The van der Waals surface area contributed by atoms with Crippen LogP contribution in [0.15, 0.2) is 18.3 Å². The van der Waals surface area contributed by atoms with Crippen molar-refractivity contribution in [3.63, 3.8) is 0 Å². The minimum absolute atomic E-state index is 0.0524. The van der Waals surface area contributed by atoms with E-state index in [4.69, 9.17) is 9.84 Å². The van der Waals surface area contributed by atoms with Crippen LogP contribution in [0, 0.1) is 0 Å². The van der Waals surface area contributed by atoms with Gasteiger partial charge in [-0.25, -0.2) is 4.79 Å². The summed E-state index contributed by atoms with van der Waals surface area (Å²) < 4.78 is 42.2. The first-order valence-corrected chi connectivity index (χ1v) is 5.95. The van der Waals surface area contributed by atoms with Crippen LogP contribution in [0.25, 0.3) is 0 Å². The Bertz CT molecular complexity index is 544. The van der Waals surface area contributed by atoms with E-state index in [0.29, 0.717) is 6.07 Å². The Morgan fingerprint density at radius 2 is 2.10 bits per heavy atom. The highest BCUT2D eigenvalue weighted by molar-refractivity contribution is 5.96. The maximum atomic E-state index is 12.4. The number of hydrogen-bond acceptors (Lipinski definition) is 4. The van der Waals surface area contributed by atoms with Crippen molar-refractivity contribution >= 4 is 11.9 Å². The highest BCUT2D eigenvalue weighted by Crippen LogP contribution is 2.27. The third-order valence-electron chi connectivity index (χ3n) is 2.98. The molecule has 9 heteroatoms. The molecule has 1 saturated heterocycles. The summed E-state index contributed by atoms with van der Waals surface area (Å²) in [7, 11) is 0. The summed E-state index contributed by atoms with van der Waals surface area (Å²) in [4.78, 5) is 27.4. The summed E-state index contributed by atoms with van der Waals surface area (Å²) in [5.41, 5.74) is -1.22. The summed E-state index contributed by atoms with van der Waals surface area (Å²) >= 11 is 0. The number of carboxylic acid groups (broad SMARTS) is 1. The third-order valence-corrected chi connectivity index (χ3v) is 2.98. The molecule has 21 heavy (non-hydrogen) atoms. The average molecular weight is 304 g/mol. The first kappa shape index (κ1) is 15.2. The maximum Gasteiger partial charge on any atom is 0.433 e. The number of rotatable bonds is 2. The van der Waals surface area contributed by atoms with Gasteiger partial charge < -0.3 is 14.7 Å². The van der Waals surface area contributed by atoms with Gasteiger partial charge in [0.05, 0.1) is 18.8 Å². The highest BCUT2D eigenvalue weighted by Gasteiger charge is 2.35. The number of ether oxygens (including phenoxy) is 1. The molecule has 1 fully saturated rings. The Balaban J connectivity index is 2.20. The molecule has 1 aliphatic rings. The molecule has 2 heterocycles. The Labute approximate surface area is 117 Å². The lowest BCUT2D eigenvalue weighted by Gasteiger charge is -2.32.